The molecule has 0 unspecified atom stereocenters. The van der Waals surface area contributed by atoms with Crippen LogP contribution in [-0.2, 0) is 6.54 Å². The van der Waals surface area contributed by atoms with Crippen LogP contribution in [0.4, 0.5) is 5.00 Å². The number of rotatable bonds is 3. The highest BCUT2D eigenvalue weighted by atomic mass is 32.1. The van der Waals surface area contributed by atoms with Gasteiger partial charge in [0, 0.05) is 31.2 Å². The molecule has 5 heteroatoms. The summed E-state index contributed by atoms with van der Waals surface area (Å²) in [4.78, 5) is 4.95. The van der Waals surface area contributed by atoms with Crippen LogP contribution >= 0.6 is 11.5 Å². The first kappa shape index (κ1) is 10.5. The molecule has 0 aromatic carbocycles. The minimum absolute atomic E-state index is 1.00. The van der Waals surface area contributed by atoms with Gasteiger partial charge in [-0.15, -0.1) is 5.10 Å². The molecule has 2 saturated heterocycles. The van der Waals surface area contributed by atoms with Crippen LogP contribution in [-0.4, -0.2) is 40.7 Å². The van der Waals surface area contributed by atoms with Gasteiger partial charge in [-0.2, -0.15) is 0 Å². The monoisotopic (exact) mass is 238 g/mol. The average Bonchev–Trinajstić information content (AvgIpc) is 2.98. The molecule has 2 aliphatic heterocycles. The van der Waals surface area contributed by atoms with Gasteiger partial charge in [0.15, 0.2) is 0 Å². The topological polar surface area (TPSA) is 32.3 Å². The predicted molar refractivity (Wildman–Crippen MR) is 65.9 cm³/mol. The molecule has 0 amide bonds. The summed E-state index contributed by atoms with van der Waals surface area (Å²) < 4.78 is 4.13. The van der Waals surface area contributed by atoms with Crippen LogP contribution in [0, 0.1) is 0 Å². The van der Waals surface area contributed by atoms with Crippen LogP contribution in [0.3, 0.4) is 0 Å². The lowest BCUT2D eigenvalue weighted by Gasteiger charge is -2.18. The van der Waals surface area contributed by atoms with Gasteiger partial charge >= 0.3 is 0 Å². The second-order valence-electron chi connectivity index (χ2n) is 4.70. The standard InChI is InChI=1S/C11H18N4S/c1-2-6-14(5-1)9-10-11(16-13-12-10)15-7-3-4-8-15/h1-9H2. The Balaban J connectivity index is 1.71. The van der Waals surface area contributed by atoms with E-state index in [1.54, 1.807) is 11.5 Å². The molecule has 2 aliphatic rings. The lowest BCUT2D eigenvalue weighted by molar-refractivity contribution is 0.327. The van der Waals surface area contributed by atoms with Crippen molar-refractivity contribution in [3.05, 3.63) is 5.69 Å². The predicted octanol–water partition coefficient (Wildman–Crippen LogP) is 1.73. The highest BCUT2D eigenvalue weighted by molar-refractivity contribution is 7.10. The molecule has 2 fully saturated rings. The maximum absolute atomic E-state index is 4.31. The highest BCUT2D eigenvalue weighted by Gasteiger charge is 2.21. The maximum atomic E-state index is 4.31. The van der Waals surface area contributed by atoms with E-state index in [1.165, 1.54) is 62.6 Å². The van der Waals surface area contributed by atoms with Gasteiger partial charge in [0.1, 0.15) is 10.7 Å². The van der Waals surface area contributed by atoms with E-state index < -0.39 is 0 Å². The lowest BCUT2D eigenvalue weighted by atomic mass is 10.4. The van der Waals surface area contributed by atoms with E-state index >= 15 is 0 Å². The molecule has 0 saturated carbocycles. The average molecular weight is 238 g/mol. The number of nitrogens with zero attached hydrogens (tertiary/aromatic N) is 4. The highest BCUT2D eigenvalue weighted by Crippen LogP contribution is 2.28. The molecular formula is C11H18N4S. The number of hydrogen-bond donors (Lipinski definition) is 0. The van der Waals surface area contributed by atoms with Crippen LogP contribution in [0.5, 0.6) is 0 Å². The third kappa shape index (κ3) is 2.06. The summed E-state index contributed by atoms with van der Waals surface area (Å²) in [5, 5.41) is 5.63. The van der Waals surface area contributed by atoms with Crippen molar-refractivity contribution < 1.29 is 0 Å². The van der Waals surface area contributed by atoms with E-state index in [2.05, 4.69) is 19.4 Å². The van der Waals surface area contributed by atoms with Crippen molar-refractivity contribution in [1.29, 1.82) is 0 Å². The van der Waals surface area contributed by atoms with E-state index in [0.29, 0.717) is 0 Å². The third-order valence-corrected chi connectivity index (χ3v) is 4.33. The molecule has 88 valence electrons. The summed E-state index contributed by atoms with van der Waals surface area (Å²) in [5.74, 6) is 0. The Morgan fingerprint density at radius 1 is 1.00 bits per heavy atom. The molecular weight excluding hydrogens is 220 g/mol. The third-order valence-electron chi connectivity index (χ3n) is 3.50. The molecule has 1 aromatic rings. The molecule has 3 heterocycles. The van der Waals surface area contributed by atoms with Crippen molar-refractivity contribution in [2.24, 2.45) is 0 Å². The van der Waals surface area contributed by atoms with Gasteiger partial charge in [0.25, 0.3) is 0 Å². The molecule has 0 atom stereocenters. The molecule has 16 heavy (non-hydrogen) atoms. The normalized spacial score (nSPS) is 22.1. The SMILES string of the molecule is C1CCN(Cc2nnsc2N2CCCC2)C1. The van der Waals surface area contributed by atoms with Crippen LogP contribution in [0.15, 0.2) is 0 Å². The smallest absolute Gasteiger partial charge is 0.137 e. The first-order valence-corrected chi connectivity index (χ1v) is 6.99. The summed E-state index contributed by atoms with van der Waals surface area (Å²) in [7, 11) is 0. The molecule has 1 aromatic heterocycles. The number of anilines is 1. The van der Waals surface area contributed by atoms with E-state index in [0.717, 1.165) is 6.54 Å². The van der Waals surface area contributed by atoms with Crippen molar-refractivity contribution in [3.8, 4) is 0 Å². The van der Waals surface area contributed by atoms with Crippen molar-refractivity contribution in [1.82, 2.24) is 14.5 Å². The van der Waals surface area contributed by atoms with E-state index in [9.17, 15) is 0 Å². The first-order valence-electron chi connectivity index (χ1n) is 6.22. The van der Waals surface area contributed by atoms with Crippen LogP contribution in [0.25, 0.3) is 0 Å². The summed E-state index contributed by atoms with van der Waals surface area (Å²) in [5.41, 5.74) is 1.20. The van der Waals surface area contributed by atoms with Crippen molar-refractivity contribution in [2.45, 2.75) is 32.2 Å². The zero-order valence-corrected chi connectivity index (χ0v) is 10.4. The summed E-state index contributed by atoms with van der Waals surface area (Å²) in [6.45, 7) is 5.85. The fourth-order valence-electron chi connectivity index (χ4n) is 2.62. The number of hydrogen-bond acceptors (Lipinski definition) is 5. The fraction of sp³-hybridized carbons (Fsp3) is 0.818. The van der Waals surface area contributed by atoms with Crippen LogP contribution in [0.1, 0.15) is 31.4 Å². The summed E-state index contributed by atoms with van der Waals surface area (Å²) in [6, 6.07) is 0. The van der Waals surface area contributed by atoms with Gasteiger partial charge in [0.2, 0.25) is 0 Å². The van der Waals surface area contributed by atoms with Gasteiger partial charge in [0.05, 0.1) is 0 Å². The summed E-state index contributed by atoms with van der Waals surface area (Å²) >= 11 is 1.57. The molecule has 0 spiro atoms. The number of aromatic nitrogens is 2. The molecule has 0 bridgehead atoms. The molecule has 3 rings (SSSR count). The minimum Gasteiger partial charge on any atom is -0.361 e. The van der Waals surface area contributed by atoms with Gasteiger partial charge < -0.3 is 4.90 Å². The maximum Gasteiger partial charge on any atom is 0.137 e. The Hall–Kier alpha value is -0.680. The fourth-order valence-corrected chi connectivity index (χ4v) is 3.34. The zero-order valence-electron chi connectivity index (χ0n) is 9.56. The summed E-state index contributed by atoms with van der Waals surface area (Å²) in [6.07, 6.45) is 5.33. The molecule has 0 N–H and O–H groups in total. The lowest BCUT2D eigenvalue weighted by Crippen LogP contribution is -2.22. The molecule has 0 aliphatic carbocycles. The first-order chi connectivity index (χ1) is 7.93. The van der Waals surface area contributed by atoms with Crippen LogP contribution in [0.2, 0.25) is 0 Å². The largest absolute Gasteiger partial charge is 0.361 e. The minimum atomic E-state index is 1.00. The Morgan fingerprint density at radius 3 is 2.44 bits per heavy atom. The molecule has 4 nitrogen and oxygen atoms in total. The van der Waals surface area contributed by atoms with Gasteiger partial charge in [-0.25, -0.2) is 0 Å². The second kappa shape index (κ2) is 4.67. The number of likely N-dealkylation sites (tertiary alicyclic amines) is 1. The van der Waals surface area contributed by atoms with Crippen LogP contribution < -0.4 is 4.90 Å². The van der Waals surface area contributed by atoms with Gasteiger partial charge in [-0.1, -0.05) is 4.49 Å². The van der Waals surface area contributed by atoms with Crippen molar-refractivity contribution in [3.63, 3.8) is 0 Å². The zero-order chi connectivity index (χ0) is 10.8. The Kier molecular flexibility index (Phi) is 3.06. The van der Waals surface area contributed by atoms with Gasteiger partial charge in [-0.05, 0) is 38.8 Å². The molecule has 0 radical (unpaired) electrons. The van der Waals surface area contributed by atoms with Crippen molar-refractivity contribution in [2.75, 3.05) is 31.1 Å². The van der Waals surface area contributed by atoms with Gasteiger partial charge in [-0.3, -0.25) is 4.90 Å². The second-order valence-corrected chi connectivity index (χ2v) is 5.43. The van der Waals surface area contributed by atoms with Crippen molar-refractivity contribution >= 4 is 16.5 Å². The Morgan fingerprint density at radius 2 is 1.69 bits per heavy atom. The Bertz CT molecular complexity index is 340. The van der Waals surface area contributed by atoms with E-state index in [-0.39, 0.29) is 0 Å². The van der Waals surface area contributed by atoms with E-state index in [1.807, 2.05) is 0 Å². The quantitative estimate of drug-likeness (QED) is 0.803. The Labute approximate surface area is 100 Å². The van der Waals surface area contributed by atoms with E-state index in [4.69, 9.17) is 0 Å².